The fourth-order valence-corrected chi connectivity index (χ4v) is 4.43. The Morgan fingerprint density at radius 3 is 2.59 bits per heavy atom. The van der Waals surface area contributed by atoms with E-state index in [1.54, 1.807) is 13.8 Å². The molecule has 6 nitrogen and oxygen atoms in total. The number of sulfonamides is 1. The summed E-state index contributed by atoms with van der Waals surface area (Å²) in [5, 5.41) is 11.0. The van der Waals surface area contributed by atoms with Crippen LogP contribution >= 0.6 is 11.3 Å². The lowest BCUT2D eigenvalue weighted by molar-refractivity contribution is 0.0685. The summed E-state index contributed by atoms with van der Waals surface area (Å²) < 4.78 is 28.2. The molecule has 2 rings (SSSR count). The van der Waals surface area contributed by atoms with E-state index >= 15 is 0 Å². The van der Waals surface area contributed by atoms with Crippen molar-refractivity contribution in [2.45, 2.75) is 31.8 Å². The first-order valence-corrected chi connectivity index (χ1v) is 9.18. The van der Waals surface area contributed by atoms with Crippen molar-refractivity contribution in [1.29, 1.82) is 0 Å². The molecule has 0 atom stereocenters. The van der Waals surface area contributed by atoms with Gasteiger partial charge in [-0.2, -0.15) is 4.31 Å². The van der Waals surface area contributed by atoms with Crippen LogP contribution in [0.2, 0.25) is 0 Å². The van der Waals surface area contributed by atoms with Crippen molar-refractivity contribution in [3.05, 3.63) is 40.3 Å². The Labute approximate surface area is 133 Å². The molecule has 0 aromatic carbocycles. The predicted octanol–water partition coefficient (Wildman–Crippen LogP) is 2.48. The lowest BCUT2D eigenvalue weighted by Crippen LogP contribution is -2.29. The number of nitrogens with zero attached hydrogens (tertiary/aromatic N) is 2. The number of aryl methyl sites for hydroxylation is 1. The molecule has 0 spiro atoms. The zero-order valence-corrected chi connectivity index (χ0v) is 14.0. The fourth-order valence-electron chi connectivity index (χ4n) is 2.16. The van der Waals surface area contributed by atoms with Gasteiger partial charge in [-0.25, -0.2) is 13.2 Å². The van der Waals surface area contributed by atoms with Crippen LogP contribution in [-0.2, 0) is 23.1 Å². The molecule has 8 heteroatoms. The molecule has 22 heavy (non-hydrogen) atoms. The Kier molecular flexibility index (Phi) is 5.05. The molecule has 0 unspecified atom stereocenters. The van der Waals surface area contributed by atoms with Gasteiger partial charge in [-0.1, -0.05) is 13.0 Å². The van der Waals surface area contributed by atoms with E-state index < -0.39 is 16.0 Å². The summed E-state index contributed by atoms with van der Waals surface area (Å²) in [4.78, 5) is 12.2. The van der Waals surface area contributed by atoms with E-state index in [0.29, 0.717) is 13.1 Å². The van der Waals surface area contributed by atoms with Crippen LogP contribution in [0.3, 0.4) is 0 Å². The van der Waals surface area contributed by atoms with E-state index in [-0.39, 0.29) is 17.1 Å². The highest BCUT2D eigenvalue weighted by atomic mass is 32.2. The third-order valence-electron chi connectivity index (χ3n) is 3.33. The molecule has 0 saturated heterocycles. The summed E-state index contributed by atoms with van der Waals surface area (Å²) in [5.41, 5.74) is -0.0201. The SMILES string of the molecule is CCN(Cc1cccs1)S(=O)(=O)c1cc(C(=O)O)n(CC)c1. The van der Waals surface area contributed by atoms with Crippen LogP contribution in [-0.4, -0.2) is 34.9 Å². The lowest BCUT2D eigenvalue weighted by atomic mass is 10.4. The molecule has 0 aliphatic heterocycles. The molecule has 1 N–H and O–H groups in total. The van der Waals surface area contributed by atoms with Gasteiger partial charge in [-0.3, -0.25) is 0 Å². The van der Waals surface area contributed by atoms with Gasteiger partial charge in [0.1, 0.15) is 10.6 Å². The second-order valence-electron chi connectivity index (χ2n) is 4.66. The number of carboxylic acids is 1. The van der Waals surface area contributed by atoms with Gasteiger partial charge < -0.3 is 9.67 Å². The van der Waals surface area contributed by atoms with Gasteiger partial charge >= 0.3 is 5.97 Å². The van der Waals surface area contributed by atoms with Gasteiger partial charge in [0.05, 0.1) is 0 Å². The summed E-state index contributed by atoms with van der Waals surface area (Å²) in [7, 11) is -3.72. The van der Waals surface area contributed by atoms with Gasteiger partial charge in [0, 0.05) is 30.7 Å². The Morgan fingerprint density at radius 1 is 1.41 bits per heavy atom. The molecule has 0 aliphatic rings. The largest absolute Gasteiger partial charge is 0.477 e. The summed E-state index contributed by atoms with van der Waals surface area (Å²) in [6, 6.07) is 4.97. The topological polar surface area (TPSA) is 79.6 Å². The van der Waals surface area contributed by atoms with Gasteiger partial charge in [0.25, 0.3) is 0 Å². The monoisotopic (exact) mass is 342 g/mol. The number of aromatic carboxylic acids is 1. The zero-order chi connectivity index (χ0) is 16.3. The van der Waals surface area contributed by atoms with Crippen LogP contribution in [0, 0.1) is 0 Å². The Hall–Kier alpha value is -1.64. The second kappa shape index (κ2) is 6.64. The van der Waals surface area contributed by atoms with Crippen LogP contribution in [0.15, 0.2) is 34.7 Å². The highest BCUT2D eigenvalue weighted by Gasteiger charge is 2.27. The van der Waals surface area contributed by atoms with Crippen LogP contribution in [0.1, 0.15) is 29.2 Å². The first-order valence-electron chi connectivity index (χ1n) is 6.86. The van der Waals surface area contributed by atoms with E-state index in [1.807, 2.05) is 17.5 Å². The second-order valence-corrected chi connectivity index (χ2v) is 7.63. The van der Waals surface area contributed by atoms with Crippen molar-refractivity contribution in [1.82, 2.24) is 8.87 Å². The normalized spacial score (nSPS) is 12.0. The van der Waals surface area contributed by atoms with E-state index in [4.69, 9.17) is 5.11 Å². The maximum atomic E-state index is 12.7. The summed E-state index contributed by atoms with van der Waals surface area (Å²) in [5.74, 6) is -1.13. The van der Waals surface area contributed by atoms with Crippen LogP contribution in [0.5, 0.6) is 0 Å². The Balaban J connectivity index is 2.37. The smallest absolute Gasteiger partial charge is 0.352 e. The van der Waals surface area contributed by atoms with Crippen LogP contribution in [0.4, 0.5) is 0 Å². The van der Waals surface area contributed by atoms with Gasteiger partial charge in [0.15, 0.2) is 0 Å². The summed E-state index contributed by atoms with van der Waals surface area (Å²) >= 11 is 1.49. The highest BCUT2D eigenvalue weighted by molar-refractivity contribution is 7.89. The Morgan fingerprint density at radius 2 is 2.14 bits per heavy atom. The van der Waals surface area contributed by atoms with Gasteiger partial charge in [-0.05, 0) is 24.4 Å². The fraction of sp³-hybridized carbons (Fsp3) is 0.357. The molecular formula is C14H18N2O4S2. The molecule has 2 aromatic rings. The number of thiophene rings is 1. The van der Waals surface area contributed by atoms with Crippen molar-refractivity contribution in [2.24, 2.45) is 0 Å². The van der Waals surface area contributed by atoms with E-state index in [2.05, 4.69) is 0 Å². The summed E-state index contributed by atoms with van der Waals surface area (Å²) in [6.45, 7) is 4.54. The van der Waals surface area contributed by atoms with Crippen molar-refractivity contribution in [3.63, 3.8) is 0 Å². The number of carbonyl (C=O) groups is 1. The molecule has 2 aromatic heterocycles. The molecule has 120 valence electrons. The van der Waals surface area contributed by atoms with Crippen molar-refractivity contribution in [2.75, 3.05) is 6.54 Å². The molecule has 0 bridgehead atoms. The third kappa shape index (κ3) is 3.23. The molecule has 2 heterocycles. The quantitative estimate of drug-likeness (QED) is 0.838. The lowest BCUT2D eigenvalue weighted by Gasteiger charge is -2.18. The Bertz CT molecular complexity index is 748. The minimum Gasteiger partial charge on any atom is -0.477 e. The van der Waals surface area contributed by atoms with Crippen LogP contribution < -0.4 is 0 Å². The molecule has 0 saturated carbocycles. The van der Waals surface area contributed by atoms with E-state index in [9.17, 15) is 13.2 Å². The van der Waals surface area contributed by atoms with E-state index in [1.165, 1.54) is 32.5 Å². The first-order chi connectivity index (χ1) is 10.4. The van der Waals surface area contributed by atoms with Crippen molar-refractivity contribution < 1.29 is 18.3 Å². The molecule has 0 fully saturated rings. The zero-order valence-electron chi connectivity index (χ0n) is 12.4. The van der Waals surface area contributed by atoms with Crippen molar-refractivity contribution >= 4 is 27.3 Å². The van der Waals surface area contributed by atoms with Crippen LogP contribution in [0.25, 0.3) is 0 Å². The number of hydrogen-bond donors (Lipinski definition) is 1. The number of aromatic nitrogens is 1. The standard InChI is InChI=1S/C14H18N2O4S2/c1-3-15-10-12(8-13(15)14(17)18)22(19,20)16(4-2)9-11-6-5-7-21-11/h5-8,10H,3-4,9H2,1-2H3,(H,17,18). The molecule has 0 radical (unpaired) electrons. The maximum absolute atomic E-state index is 12.7. The van der Waals surface area contributed by atoms with Crippen molar-refractivity contribution in [3.8, 4) is 0 Å². The predicted molar refractivity (Wildman–Crippen MR) is 84.7 cm³/mol. The minimum absolute atomic E-state index is 0.0187. The third-order valence-corrected chi connectivity index (χ3v) is 6.08. The van der Waals surface area contributed by atoms with Gasteiger partial charge in [-0.15, -0.1) is 11.3 Å². The first kappa shape index (κ1) is 16.7. The number of carboxylic acid groups (broad SMARTS) is 1. The molecule has 0 aliphatic carbocycles. The number of rotatable bonds is 7. The summed E-state index contributed by atoms with van der Waals surface area (Å²) in [6.07, 6.45) is 1.38. The molecular weight excluding hydrogens is 324 g/mol. The van der Waals surface area contributed by atoms with E-state index in [0.717, 1.165) is 4.88 Å². The highest BCUT2D eigenvalue weighted by Crippen LogP contribution is 2.22. The average molecular weight is 342 g/mol. The average Bonchev–Trinajstić information content (AvgIpc) is 3.13. The van der Waals surface area contributed by atoms with Gasteiger partial charge in [0.2, 0.25) is 10.0 Å². The number of hydrogen-bond acceptors (Lipinski definition) is 4. The minimum atomic E-state index is -3.72. The maximum Gasteiger partial charge on any atom is 0.352 e. The molecule has 0 amide bonds.